The van der Waals surface area contributed by atoms with Crippen LogP contribution in [0.2, 0.25) is 0 Å². The molecular weight excluding hydrogens is 304 g/mol. The largest absolute Gasteiger partial charge is 0.496 e. The van der Waals surface area contributed by atoms with Crippen molar-refractivity contribution in [1.29, 1.82) is 0 Å². The van der Waals surface area contributed by atoms with E-state index < -0.39 is 0 Å². The van der Waals surface area contributed by atoms with Crippen LogP contribution in [-0.2, 0) is 0 Å². The zero-order chi connectivity index (χ0) is 14.4. The number of ether oxygens (including phenoxy) is 1. The molecule has 0 spiro atoms. The summed E-state index contributed by atoms with van der Waals surface area (Å²) in [5.41, 5.74) is 7.14. The molecule has 0 saturated heterocycles. The highest BCUT2D eigenvalue weighted by atomic mass is 79.9. The second kappa shape index (κ2) is 7.88. The number of benzene rings is 1. The zero-order valence-electron chi connectivity index (χ0n) is 12.3. The van der Waals surface area contributed by atoms with Gasteiger partial charge in [-0.3, -0.25) is 4.90 Å². The van der Waals surface area contributed by atoms with Crippen molar-refractivity contribution in [1.82, 2.24) is 4.90 Å². The molecule has 1 rings (SSSR count). The average Bonchev–Trinajstić information content (AvgIpc) is 2.40. The van der Waals surface area contributed by atoms with Crippen molar-refractivity contribution in [3.8, 4) is 5.75 Å². The fourth-order valence-electron chi connectivity index (χ4n) is 2.41. The summed E-state index contributed by atoms with van der Waals surface area (Å²) in [7, 11) is 3.84. The molecule has 0 fully saturated rings. The lowest BCUT2D eigenvalue weighted by Gasteiger charge is -2.33. The third-order valence-corrected chi connectivity index (χ3v) is 4.16. The molecule has 4 heteroatoms. The summed E-state index contributed by atoms with van der Waals surface area (Å²) in [6.45, 7) is 5.04. The monoisotopic (exact) mass is 328 g/mol. The van der Waals surface area contributed by atoms with Crippen molar-refractivity contribution in [2.45, 2.75) is 38.8 Å². The van der Waals surface area contributed by atoms with Crippen molar-refractivity contribution in [2.75, 3.05) is 20.7 Å². The highest BCUT2D eigenvalue weighted by Crippen LogP contribution is 2.32. The van der Waals surface area contributed by atoms with E-state index in [1.165, 1.54) is 12.8 Å². The molecule has 0 radical (unpaired) electrons. The molecule has 2 unspecified atom stereocenters. The van der Waals surface area contributed by atoms with Gasteiger partial charge in [-0.25, -0.2) is 0 Å². The number of methoxy groups -OCH3 is 1. The second-order valence-electron chi connectivity index (χ2n) is 4.94. The Labute approximate surface area is 125 Å². The first-order valence-electron chi connectivity index (χ1n) is 6.80. The molecule has 1 aromatic rings. The molecule has 0 bridgehead atoms. The van der Waals surface area contributed by atoms with Gasteiger partial charge in [0.15, 0.2) is 0 Å². The van der Waals surface area contributed by atoms with E-state index in [1.54, 1.807) is 7.11 Å². The quantitative estimate of drug-likeness (QED) is 0.831. The van der Waals surface area contributed by atoms with Gasteiger partial charge in [-0.15, -0.1) is 0 Å². The lowest BCUT2D eigenvalue weighted by atomic mass is 10.0. The van der Waals surface area contributed by atoms with Gasteiger partial charge in [-0.05, 0) is 38.6 Å². The third kappa shape index (κ3) is 4.20. The van der Waals surface area contributed by atoms with Gasteiger partial charge in [-0.1, -0.05) is 29.3 Å². The molecule has 0 aliphatic rings. The van der Waals surface area contributed by atoms with E-state index in [0.717, 1.165) is 15.8 Å². The number of hydrogen-bond acceptors (Lipinski definition) is 3. The summed E-state index contributed by atoms with van der Waals surface area (Å²) in [6, 6.07) is 6.76. The Morgan fingerprint density at radius 3 is 2.63 bits per heavy atom. The average molecular weight is 329 g/mol. The van der Waals surface area contributed by atoms with Crippen molar-refractivity contribution in [2.24, 2.45) is 5.73 Å². The van der Waals surface area contributed by atoms with Crippen LogP contribution in [0, 0.1) is 0 Å². The molecule has 0 saturated carbocycles. The van der Waals surface area contributed by atoms with Crippen LogP contribution in [0.5, 0.6) is 5.75 Å². The first-order valence-corrected chi connectivity index (χ1v) is 7.59. The molecule has 0 heterocycles. The number of nitrogens with zero attached hydrogens (tertiary/aromatic N) is 1. The maximum absolute atomic E-state index is 6.00. The SMILES string of the molecule is CCCC(C)N(C)C(CN)c1cc(Br)ccc1OC. The Kier molecular flexibility index (Phi) is 6.83. The standard InChI is InChI=1S/C15H25BrN2O/c1-5-6-11(2)18(3)14(10-17)13-9-12(16)7-8-15(13)19-4/h7-9,11,14H,5-6,10,17H2,1-4H3. The summed E-state index contributed by atoms with van der Waals surface area (Å²) in [4.78, 5) is 2.34. The molecule has 108 valence electrons. The smallest absolute Gasteiger partial charge is 0.123 e. The Balaban J connectivity index is 3.05. The van der Waals surface area contributed by atoms with Gasteiger partial charge in [0, 0.05) is 22.6 Å². The van der Waals surface area contributed by atoms with Crippen molar-refractivity contribution >= 4 is 15.9 Å². The van der Waals surface area contributed by atoms with Crippen LogP contribution in [0.4, 0.5) is 0 Å². The maximum atomic E-state index is 6.00. The van der Waals surface area contributed by atoms with Crippen LogP contribution in [0.25, 0.3) is 0 Å². The van der Waals surface area contributed by atoms with Gasteiger partial charge in [0.2, 0.25) is 0 Å². The van der Waals surface area contributed by atoms with E-state index in [0.29, 0.717) is 12.6 Å². The predicted octanol–water partition coefficient (Wildman–Crippen LogP) is 3.58. The van der Waals surface area contributed by atoms with Gasteiger partial charge in [0.1, 0.15) is 5.75 Å². The third-order valence-electron chi connectivity index (χ3n) is 3.67. The highest BCUT2D eigenvalue weighted by molar-refractivity contribution is 9.10. The first kappa shape index (κ1) is 16.5. The van der Waals surface area contributed by atoms with Crippen molar-refractivity contribution in [3.05, 3.63) is 28.2 Å². The van der Waals surface area contributed by atoms with Crippen LogP contribution in [0.3, 0.4) is 0 Å². The number of halogens is 1. The van der Waals surface area contributed by atoms with E-state index in [2.05, 4.69) is 47.8 Å². The summed E-state index contributed by atoms with van der Waals surface area (Å²) in [6.07, 6.45) is 2.35. The first-order chi connectivity index (χ1) is 9.04. The molecular formula is C15H25BrN2O. The molecule has 1 aromatic carbocycles. The van der Waals surface area contributed by atoms with Crippen LogP contribution >= 0.6 is 15.9 Å². The molecule has 2 N–H and O–H groups in total. The highest BCUT2D eigenvalue weighted by Gasteiger charge is 2.23. The topological polar surface area (TPSA) is 38.5 Å². The Morgan fingerprint density at radius 1 is 1.42 bits per heavy atom. The summed E-state index contributed by atoms with van der Waals surface area (Å²) >= 11 is 3.53. The Bertz CT molecular complexity index is 398. The summed E-state index contributed by atoms with van der Waals surface area (Å²) in [5.74, 6) is 0.897. The van der Waals surface area contributed by atoms with Gasteiger partial charge in [0.25, 0.3) is 0 Å². The molecule has 0 aliphatic carbocycles. The van der Waals surface area contributed by atoms with E-state index in [-0.39, 0.29) is 6.04 Å². The molecule has 0 aromatic heterocycles. The fourth-order valence-corrected chi connectivity index (χ4v) is 2.79. The van der Waals surface area contributed by atoms with Gasteiger partial charge >= 0.3 is 0 Å². The van der Waals surface area contributed by atoms with Crippen molar-refractivity contribution < 1.29 is 4.74 Å². The van der Waals surface area contributed by atoms with Gasteiger partial charge in [0.05, 0.1) is 13.2 Å². The minimum Gasteiger partial charge on any atom is -0.496 e. The predicted molar refractivity (Wildman–Crippen MR) is 84.6 cm³/mol. The second-order valence-corrected chi connectivity index (χ2v) is 5.86. The zero-order valence-corrected chi connectivity index (χ0v) is 13.9. The van der Waals surface area contributed by atoms with Crippen LogP contribution < -0.4 is 10.5 Å². The van der Waals surface area contributed by atoms with Crippen LogP contribution in [0.1, 0.15) is 38.3 Å². The van der Waals surface area contributed by atoms with E-state index in [4.69, 9.17) is 10.5 Å². The Hall–Kier alpha value is -0.580. The Morgan fingerprint density at radius 2 is 2.11 bits per heavy atom. The lowest BCUT2D eigenvalue weighted by Crippen LogP contribution is -2.37. The van der Waals surface area contributed by atoms with Crippen molar-refractivity contribution in [3.63, 3.8) is 0 Å². The molecule has 19 heavy (non-hydrogen) atoms. The number of nitrogens with two attached hydrogens (primary N) is 1. The van der Waals surface area contributed by atoms with E-state index in [1.807, 2.05) is 12.1 Å². The number of rotatable bonds is 7. The number of hydrogen-bond donors (Lipinski definition) is 1. The number of likely N-dealkylation sites (N-methyl/N-ethyl adjacent to an activating group) is 1. The van der Waals surface area contributed by atoms with Gasteiger partial charge < -0.3 is 10.5 Å². The van der Waals surface area contributed by atoms with Gasteiger partial charge in [-0.2, -0.15) is 0 Å². The molecule has 3 nitrogen and oxygen atoms in total. The van der Waals surface area contributed by atoms with E-state index >= 15 is 0 Å². The fraction of sp³-hybridized carbons (Fsp3) is 0.600. The maximum Gasteiger partial charge on any atom is 0.123 e. The van der Waals surface area contributed by atoms with Crippen LogP contribution in [0.15, 0.2) is 22.7 Å². The normalized spacial score (nSPS) is 14.5. The lowest BCUT2D eigenvalue weighted by molar-refractivity contribution is 0.177. The molecule has 0 amide bonds. The molecule has 0 aliphatic heterocycles. The summed E-state index contributed by atoms with van der Waals surface area (Å²) in [5, 5.41) is 0. The minimum atomic E-state index is 0.175. The summed E-state index contributed by atoms with van der Waals surface area (Å²) < 4.78 is 6.52. The van der Waals surface area contributed by atoms with Crippen LogP contribution in [-0.4, -0.2) is 31.6 Å². The van der Waals surface area contributed by atoms with E-state index in [9.17, 15) is 0 Å². The minimum absolute atomic E-state index is 0.175. The molecule has 2 atom stereocenters.